The fraction of sp³-hybridized carbons (Fsp3) is 0.400. The number of hydrogen-bond acceptors (Lipinski definition) is 5. The van der Waals surface area contributed by atoms with Gasteiger partial charge < -0.3 is 16.0 Å². The van der Waals surface area contributed by atoms with Crippen molar-refractivity contribution in [2.24, 2.45) is 5.73 Å². The molecule has 2 aliphatic rings. The van der Waals surface area contributed by atoms with Crippen LogP contribution in [0.2, 0.25) is 5.02 Å². The zero-order valence-corrected chi connectivity index (χ0v) is 17.5. The quantitative estimate of drug-likeness (QED) is 0.662. The third-order valence-electron chi connectivity index (χ3n) is 4.81. The molecule has 0 aliphatic carbocycles. The lowest BCUT2D eigenvalue weighted by atomic mass is 9.98. The number of thioether (sulfide) groups is 1. The second-order valence-electron chi connectivity index (χ2n) is 6.96. The van der Waals surface area contributed by atoms with Gasteiger partial charge in [0.25, 0.3) is 5.91 Å². The van der Waals surface area contributed by atoms with E-state index in [2.05, 4.69) is 5.32 Å². The Hall–Kier alpha value is -1.90. The van der Waals surface area contributed by atoms with E-state index in [1.54, 1.807) is 0 Å². The average Bonchev–Trinajstić information content (AvgIpc) is 2.68. The van der Waals surface area contributed by atoms with Gasteiger partial charge in [0.05, 0.1) is 16.5 Å². The first kappa shape index (κ1) is 21.8. The van der Waals surface area contributed by atoms with E-state index in [4.69, 9.17) is 17.3 Å². The minimum absolute atomic E-state index is 0.0325. The van der Waals surface area contributed by atoms with Gasteiger partial charge in [-0.2, -0.15) is 0 Å². The van der Waals surface area contributed by atoms with Crippen molar-refractivity contribution in [2.45, 2.75) is 38.4 Å². The molecule has 1 fully saturated rings. The molecule has 3 rings (SSSR count). The van der Waals surface area contributed by atoms with Gasteiger partial charge in [0, 0.05) is 35.6 Å². The molecule has 5 nitrogen and oxygen atoms in total. The van der Waals surface area contributed by atoms with Crippen molar-refractivity contribution < 1.29 is 18.4 Å². The largest absolute Gasteiger partial charge is 0.358 e. The number of Topliss-reactive ketones (excluding diaryl/α,β-unsaturated/α-hetero) is 1. The predicted octanol–water partition coefficient (Wildman–Crippen LogP) is 3.29. The molecule has 156 valence electrons. The molecule has 1 saturated heterocycles. The number of halogens is 3. The maximum Gasteiger partial charge on any atom is 0.255 e. The second-order valence-corrected chi connectivity index (χ2v) is 8.46. The van der Waals surface area contributed by atoms with Crippen LogP contribution in [0.15, 0.2) is 40.7 Å². The highest BCUT2D eigenvalue weighted by atomic mass is 35.5. The highest BCUT2D eigenvalue weighted by Gasteiger charge is 2.42. The van der Waals surface area contributed by atoms with Crippen molar-refractivity contribution in [3.05, 3.63) is 57.1 Å². The standard InChI is InChI=1S/C20H22ClF2N3O2S/c1-2-3-6-25-20(28)13-9-26(8-11-4-5-12(21)7-14(11)22)17-18(27)15(24)10-29-19(17)16(13)23/h4-5,7,9,15,17H,2-3,6,8,10,24H2,1H3,(H,25,28)/t15-,17?/m0/s1. The first-order valence-corrected chi connectivity index (χ1v) is 10.7. The number of carbonyl (C=O) groups excluding carboxylic acids is 2. The van der Waals surface area contributed by atoms with E-state index in [9.17, 15) is 14.0 Å². The molecule has 2 aliphatic heterocycles. The Labute approximate surface area is 177 Å². The fourth-order valence-electron chi connectivity index (χ4n) is 3.22. The van der Waals surface area contributed by atoms with Gasteiger partial charge in [-0.15, -0.1) is 11.8 Å². The average molecular weight is 442 g/mol. The highest BCUT2D eigenvalue weighted by Crippen LogP contribution is 2.40. The fourth-order valence-corrected chi connectivity index (χ4v) is 4.54. The summed E-state index contributed by atoms with van der Waals surface area (Å²) >= 11 is 6.93. The number of hydrogen-bond donors (Lipinski definition) is 2. The number of nitrogens with zero attached hydrogens (tertiary/aromatic N) is 1. The number of nitrogens with one attached hydrogen (secondary N) is 1. The van der Waals surface area contributed by atoms with E-state index in [0.717, 1.165) is 24.6 Å². The molecule has 9 heteroatoms. The Bertz CT molecular complexity index is 890. The lowest BCUT2D eigenvalue weighted by Crippen LogP contribution is -2.52. The Kier molecular flexibility index (Phi) is 6.97. The summed E-state index contributed by atoms with van der Waals surface area (Å²) in [5.41, 5.74) is 5.98. The number of nitrogens with two attached hydrogens (primary N) is 1. The zero-order valence-electron chi connectivity index (χ0n) is 15.9. The van der Waals surface area contributed by atoms with E-state index in [0.29, 0.717) is 6.54 Å². The molecule has 1 aromatic carbocycles. The van der Waals surface area contributed by atoms with E-state index < -0.39 is 29.6 Å². The molecule has 2 heterocycles. The van der Waals surface area contributed by atoms with Crippen molar-refractivity contribution in [2.75, 3.05) is 12.3 Å². The van der Waals surface area contributed by atoms with Crippen LogP contribution in [0, 0.1) is 5.82 Å². The van der Waals surface area contributed by atoms with Gasteiger partial charge in [-0.3, -0.25) is 9.59 Å². The Balaban J connectivity index is 1.96. The molecular formula is C20H22ClF2N3O2S. The molecule has 2 atom stereocenters. The third kappa shape index (κ3) is 4.65. The number of rotatable bonds is 6. The first-order valence-electron chi connectivity index (χ1n) is 9.35. The number of benzene rings is 1. The van der Waals surface area contributed by atoms with Crippen LogP contribution in [0.4, 0.5) is 8.78 Å². The molecule has 3 N–H and O–H groups in total. The Morgan fingerprint density at radius 1 is 1.41 bits per heavy atom. The van der Waals surface area contributed by atoms with Crippen molar-refractivity contribution in [3.63, 3.8) is 0 Å². The van der Waals surface area contributed by atoms with Crippen LogP contribution in [0.1, 0.15) is 25.3 Å². The third-order valence-corrected chi connectivity index (χ3v) is 6.28. The number of carbonyl (C=O) groups is 2. The molecule has 0 aromatic heterocycles. The first-order chi connectivity index (χ1) is 13.8. The monoisotopic (exact) mass is 441 g/mol. The van der Waals surface area contributed by atoms with Gasteiger partial charge in [0.15, 0.2) is 5.78 Å². The molecule has 1 amide bonds. The van der Waals surface area contributed by atoms with Gasteiger partial charge in [-0.1, -0.05) is 31.0 Å². The Morgan fingerprint density at radius 3 is 2.86 bits per heavy atom. The lowest BCUT2D eigenvalue weighted by Gasteiger charge is -2.39. The zero-order chi connectivity index (χ0) is 21.1. The number of amides is 1. The van der Waals surface area contributed by atoms with Crippen LogP contribution in [-0.2, 0) is 16.1 Å². The van der Waals surface area contributed by atoms with Crippen molar-refractivity contribution in [1.29, 1.82) is 0 Å². The lowest BCUT2D eigenvalue weighted by molar-refractivity contribution is -0.124. The summed E-state index contributed by atoms with van der Waals surface area (Å²) in [6, 6.07) is 2.47. The van der Waals surface area contributed by atoms with Crippen LogP contribution in [0.25, 0.3) is 0 Å². The molecular weight excluding hydrogens is 420 g/mol. The summed E-state index contributed by atoms with van der Waals surface area (Å²) in [6.45, 7) is 2.37. The van der Waals surface area contributed by atoms with Gasteiger partial charge in [0.1, 0.15) is 17.7 Å². The van der Waals surface area contributed by atoms with Crippen LogP contribution < -0.4 is 11.1 Å². The van der Waals surface area contributed by atoms with Crippen molar-refractivity contribution in [1.82, 2.24) is 10.2 Å². The molecule has 0 bridgehead atoms. The number of unbranched alkanes of at least 4 members (excludes halogenated alkanes) is 1. The van der Waals surface area contributed by atoms with E-state index >= 15 is 4.39 Å². The summed E-state index contributed by atoms with van der Waals surface area (Å²) in [6.07, 6.45) is 2.94. The van der Waals surface area contributed by atoms with Gasteiger partial charge in [-0.05, 0) is 18.6 Å². The molecule has 0 spiro atoms. The van der Waals surface area contributed by atoms with Crippen LogP contribution in [0.5, 0.6) is 0 Å². The van der Waals surface area contributed by atoms with Gasteiger partial charge >= 0.3 is 0 Å². The predicted molar refractivity (Wildman–Crippen MR) is 110 cm³/mol. The SMILES string of the molecule is CCCCNC(=O)C1=CN(Cc2ccc(Cl)cc2F)C2C(=O)[C@@H](N)CSC2=C1F. The van der Waals surface area contributed by atoms with Crippen LogP contribution >= 0.6 is 23.4 Å². The summed E-state index contributed by atoms with van der Waals surface area (Å²) < 4.78 is 29.4. The van der Waals surface area contributed by atoms with Crippen LogP contribution in [-0.4, -0.2) is 41.0 Å². The van der Waals surface area contributed by atoms with E-state index in [-0.39, 0.29) is 39.1 Å². The maximum absolute atomic E-state index is 15.1. The van der Waals surface area contributed by atoms with Gasteiger partial charge in [-0.25, -0.2) is 8.78 Å². The molecule has 0 radical (unpaired) electrons. The second kappa shape index (κ2) is 9.28. The molecule has 0 saturated carbocycles. The topological polar surface area (TPSA) is 75.4 Å². The van der Waals surface area contributed by atoms with Crippen molar-refractivity contribution in [3.8, 4) is 0 Å². The van der Waals surface area contributed by atoms with Crippen LogP contribution in [0.3, 0.4) is 0 Å². The smallest absolute Gasteiger partial charge is 0.255 e. The highest BCUT2D eigenvalue weighted by molar-refractivity contribution is 8.03. The number of ketones is 1. The summed E-state index contributed by atoms with van der Waals surface area (Å²) in [7, 11) is 0. The van der Waals surface area contributed by atoms with E-state index in [1.807, 2.05) is 6.92 Å². The van der Waals surface area contributed by atoms with Gasteiger partial charge in [0.2, 0.25) is 0 Å². The van der Waals surface area contributed by atoms with Crippen molar-refractivity contribution >= 4 is 35.1 Å². The summed E-state index contributed by atoms with van der Waals surface area (Å²) in [5.74, 6) is -1.96. The Morgan fingerprint density at radius 2 is 2.17 bits per heavy atom. The van der Waals surface area contributed by atoms with E-state index in [1.165, 1.54) is 29.3 Å². The molecule has 1 unspecified atom stereocenters. The maximum atomic E-state index is 15.1. The normalized spacial score (nSPS) is 21.8. The molecule has 29 heavy (non-hydrogen) atoms. The molecule has 1 aromatic rings. The summed E-state index contributed by atoms with van der Waals surface area (Å²) in [5, 5.41) is 2.93. The number of fused-ring (bicyclic) bond motifs is 1. The summed E-state index contributed by atoms with van der Waals surface area (Å²) in [4.78, 5) is 26.9. The minimum Gasteiger partial charge on any atom is -0.358 e. The minimum atomic E-state index is -0.981.